The fourth-order valence-electron chi connectivity index (χ4n) is 3.79. The van der Waals surface area contributed by atoms with Gasteiger partial charge in [0.15, 0.2) is 5.96 Å². The fourth-order valence-corrected chi connectivity index (χ4v) is 3.79. The van der Waals surface area contributed by atoms with Gasteiger partial charge in [0.25, 0.3) is 0 Å². The smallest absolute Gasteiger partial charge is 0.193 e. The number of benzene rings is 1. The summed E-state index contributed by atoms with van der Waals surface area (Å²) in [5.74, 6) is 1.19. The number of halogens is 1. The standard InChI is InChI=1S/C19H26FN5/c1-22-19(23-12-17-10-15(11-21)4-5-18(17)20)25-9-6-16(14-25)13-24-7-2-3-8-24/h4-5,10,16H,2-3,6-9,12-14H2,1H3,(H,22,23). The maximum Gasteiger partial charge on any atom is 0.193 e. The van der Waals surface area contributed by atoms with Crippen LogP contribution in [0.3, 0.4) is 0 Å². The van der Waals surface area contributed by atoms with E-state index in [1.165, 1.54) is 51.0 Å². The zero-order valence-corrected chi connectivity index (χ0v) is 14.8. The van der Waals surface area contributed by atoms with Crippen LogP contribution < -0.4 is 5.32 Å². The van der Waals surface area contributed by atoms with E-state index in [1.807, 2.05) is 0 Å². The molecule has 0 amide bonds. The number of hydrogen-bond acceptors (Lipinski definition) is 3. The number of hydrogen-bond donors (Lipinski definition) is 1. The molecule has 0 saturated carbocycles. The molecule has 2 aliphatic heterocycles. The third kappa shape index (κ3) is 4.49. The minimum Gasteiger partial charge on any atom is -0.352 e. The van der Waals surface area contributed by atoms with Gasteiger partial charge in [0.1, 0.15) is 5.82 Å². The van der Waals surface area contributed by atoms with Crippen LogP contribution in [0.15, 0.2) is 23.2 Å². The molecule has 2 fully saturated rings. The summed E-state index contributed by atoms with van der Waals surface area (Å²) in [7, 11) is 1.76. The average molecular weight is 343 g/mol. The third-order valence-electron chi connectivity index (χ3n) is 5.12. The van der Waals surface area contributed by atoms with E-state index in [4.69, 9.17) is 5.26 Å². The number of rotatable bonds is 4. The average Bonchev–Trinajstić information content (AvgIpc) is 3.30. The Balaban J connectivity index is 1.54. The molecule has 1 aromatic rings. The molecule has 25 heavy (non-hydrogen) atoms. The van der Waals surface area contributed by atoms with Crippen LogP contribution in [0.5, 0.6) is 0 Å². The number of aliphatic imine (C=N–C) groups is 1. The molecular formula is C19H26FN5. The third-order valence-corrected chi connectivity index (χ3v) is 5.12. The monoisotopic (exact) mass is 343 g/mol. The first-order chi connectivity index (χ1) is 12.2. The summed E-state index contributed by atoms with van der Waals surface area (Å²) in [6.07, 6.45) is 3.83. The molecule has 2 heterocycles. The van der Waals surface area contributed by atoms with Crippen LogP contribution in [0.1, 0.15) is 30.4 Å². The van der Waals surface area contributed by atoms with Gasteiger partial charge in [0, 0.05) is 38.8 Å². The van der Waals surface area contributed by atoms with E-state index in [-0.39, 0.29) is 5.82 Å². The minimum absolute atomic E-state index is 0.296. The Bertz CT molecular complexity index is 660. The van der Waals surface area contributed by atoms with Crippen molar-refractivity contribution in [3.8, 4) is 6.07 Å². The lowest BCUT2D eigenvalue weighted by Crippen LogP contribution is -2.40. The highest BCUT2D eigenvalue weighted by molar-refractivity contribution is 5.80. The van der Waals surface area contributed by atoms with Crippen molar-refractivity contribution < 1.29 is 4.39 Å². The van der Waals surface area contributed by atoms with Crippen molar-refractivity contribution in [2.45, 2.75) is 25.8 Å². The van der Waals surface area contributed by atoms with Crippen LogP contribution in [0.2, 0.25) is 0 Å². The van der Waals surface area contributed by atoms with E-state index in [0.29, 0.717) is 23.6 Å². The highest BCUT2D eigenvalue weighted by Crippen LogP contribution is 2.20. The van der Waals surface area contributed by atoms with Crippen LogP contribution in [0.25, 0.3) is 0 Å². The Morgan fingerprint density at radius 1 is 1.36 bits per heavy atom. The largest absolute Gasteiger partial charge is 0.352 e. The van der Waals surface area contributed by atoms with Gasteiger partial charge in [-0.2, -0.15) is 5.26 Å². The van der Waals surface area contributed by atoms with Gasteiger partial charge in [-0.25, -0.2) is 4.39 Å². The summed E-state index contributed by atoms with van der Waals surface area (Å²) in [6, 6.07) is 6.49. The van der Waals surface area contributed by atoms with Gasteiger partial charge < -0.3 is 15.1 Å². The zero-order valence-electron chi connectivity index (χ0n) is 14.8. The Hall–Kier alpha value is -2.13. The Morgan fingerprint density at radius 2 is 2.16 bits per heavy atom. The summed E-state index contributed by atoms with van der Waals surface area (Å²) in [6.45, 7) is 5.96. The zero-order chi connectivity index (χ0) is 17.6. The molecule has 0 spiro atoms. The van der Waals surface area contributed by atoms with Crippen molar-refractivity contribution in [1.82, 2.24) is 15.1 Å². The van der Waals surface area contributed by atoms with Gasteiger partial charge in [-0.05, 0) is 56.5 Å². The number of nitrogens with zero attached hydrogens (tertiary/aromatic N) is 4. The van der Waals surface area contributed by atoms with Crippen LogP contribution in [0.4, 0.5) is 4.39 Å². The minimum atomic E-state index is -0.296. The molecule has 134 valence electrons. The molecule has 1 unspecified atom stereocenters. The maximum absolute atomic E-state index is 13.9. The Morgan fingerprint density at radius 3 is 2.88 bits per heavy atom. The molecule has 5 nitrogen and oxygen atoms in total. The van der Waals surface area contributed by atoms with Crippen molar-refractivity contribution in [1.29, 1.82) is 5.26 Å². The molecule has 0 aliphatic carbocycles. The summed E-state index contributed by atoms with van der Waals surface area (Å²) in [4.78, 5) is 9.17. The van der Waals surface area contributed by atoms with Crippen LogP contribution in [-0.2, 0) is 6.54 Å². The summed E-state index contributed by atoms with van der Waals surface area (Å²) in [5.41, 5.74) is 0.966. The van der Waals surface area contributed by atoms with Gasteiger partial charge >= 0.3 is 0 Å². The second-order valence-corrected chi connectivity index (χ2v) is 6.93. The van der Waals surface area contributed by atoms with E-state index < -0.39 is 0 Å². The molecule has 1 N–H and O–H groups in total. The molecule has 0 radical (unpaired) electrons. The van der Waals surface area contributed by atoms with Crippen molar-refractivity contribution in [2.75, 3.05) is 39.8 Å². The molecule has 2 saturated heterocycles. The number of nitriles is 1. The first kappa shape index (κ1) is 17.7. The SMILES string of the molecule is CN=C(NCc1cc(C#N)ccc1F)N1CCC(CN2CCCC2)C1. The molecular weight excluding hydrogens is 317 g/mol. The lowest BCUT2D eigenvalue weighted by molar-refractivity contribution is 0.281. The topological polar surface area (TPSA) is 54.7 Å². The Kier molecular flexibility index (Phi) is 5.87. The number of guanidine groups is 1. The van der Waals surface area contributed by atoms with Gasteiger partial charge in [-0.1, -0.05) is 0 Å². The van der Waals surface area contributed by atoms with Gasteiger partial charge in [0.05, 0.1) is 11.6 Å². The van der Waals surface area contributed by atoms with Crippen molar-refractivity contribution >= 4 is 5.96 Å². The fraction of sp³-hybridized carbons (Fsp3) is 0.579. The van der Waals surface area contributed by atoms with Gasteiger partial charge in [-0.3, -0.25) is 4.99 Å². The molecule has 0 aromatic heterocycles. The lowest BCUT2D eigenvalue weighted by Gasteiger charge is -2.23. The van der Waals surface area contributed by atoms with E-state index in [0.717, 1.165) is 19.0 Å². The predicted octanol–water partition coefficient (Wildman–Crippen LogP) is 2.19. The van der Waals surface area contributed by atoms with Crippen LogP contribution >= 0.6 is 0 Å². The van der Waals surface area contributed by atoms with Crippen molar-refractivity contribution in [3.05, 3.63) is 35.1 Å². The molecule has 3 rings (SSSR count). The lowest BCUT2D eigenvalue weighted by atomic mass is 10.1. The number of likely N-dealkylation sites (tertiary alicyclic amines) is 2. The van der Waals surface area contributed by atoms with Crippen molar-refractivity contribution in [3.63, 3.8) is 0 Å². The molecule has 6 heteroatoms. The second-order valence-electron chi connectivity index (χ2n) is 6.93. The van der Waals surface area contributed by atoms with Gasteiger partial charge in [-0.15, -0.1) is 0 Å². The highest BCUT2D eigenvalue weighted by atomic mass is 19.1. The normalized spacial score (nSPS) is 21.6. The quantitative estimate of drug-likeness (QED) is 0.673. The molecule has 1 atom stereocenters. The summed E-state index contributed by atoms with van der Waals surface area (Å²) in [5, 5.41) is 12.2. The maximum atomic E-state index is 13.9. The molecule has 1 aromatic carbocycles. The summed E-state index contributed by atoms with van der Waals surface area (Å²) >= 11 is 0. The second kappa shape index (κ2) is 8.30. The highest BCUT2D eigenvalue weighted by Gasteiger charge is 2.27. The summed E-state index contributed by atoms with van der Waals surface area (Å²) < 4.78 is 13.9. The van der Waals surface area contributed by atoms with E-state index in [2.05, 4.69) is 26.2 Å². The number of nitrogens with one attached hydrogen (secondary N) is 1. The van der Waals surface area contributed by atoms with E-state index in [9.17, 15) is 4.39 Å². The van der Waals surface area contributed by atoms with Gasteiger partial charge in [0.2, 0.25) is 0 Å². The van der Waals surface area contributed by atoms with Crippen LogP contribution in [0, 0.1) is 23.1 Å². The molecule has 0 bridgehead atoms. The predicted molar refractivity (Wildman–Crippen MR) is 96.7 cm³/mol. The first-order valence-corrected chi connectivity index (χ1v) is 9.06. The molecule has 2 aliphatic rings. The Labute approximate surface area is 149 Å². The van der Waals surface area contributed by atoms with Crippen LogP contribution in [-0.4, -0.2) is 55.5 Å². The first-order valence-electron chi connectivity index (χ1n) is 9.06. The van der Waals surface area contributed by atoms with E-state index >= 15 is 0 Å². The van der Waals surface area contributed by atoms with E-state index in [1.54, 1.807) is 13.1 Å². The van der Waals surface area contributed by atoms with Crippen molar-refractivity contribution in [2.24, 2.45) is 10.9 Å².